The van der Waals surface area contributed by atoms with Crippen molar-refractivity contribution in [3.63, 3.8) is 0 Å². The molecule has 1 saturated heterocycles. The van der Waals surface area contributed by atoms with Crippen LogP contribution in [-0.2, 0) is 11.3 Å². The number of nitrogens with zero attached hydrogens (tertiary/aromatic N) is 5. The average Bonchev–Trinajstić information content (AvgIpc) is 3.64. The molecule has 2 aromatic heterocycles. The molecular formula is C30H24ClFN6O5. The highest BCUT2D eigenvalue weighted by atomic mass is 35.5. The zero-order valence-electron chi connectivity index (χ0n) is 22.6. The summed E-state index contributed by atoms with van der Waals surface area (Å²) in [5, 5.41) is 22.8. The Kier molecular flexibility index (Phi) is 7.59. The molecule has 0 unspecified atom stereocenters. The second kappa shape index (κ2) is 11.6. The van der Waals surface area contributed by atoms with Gasteiger partial charge in [0.05, 0.1) is 23.7 Å². The van der Waals surface area contributed by atoms with E-state index in [0.717, 1.165) is 21.7 Å². The average molecular weight is 603 g/mol. The van der Waals surface area contributed by atoms with Crippen molar-refractivity contribution in [2.24, 2.45) is 5.92 Å². The Morgan fingerprint density at radius 1 is 1.09 bits per heavy atom. The number of nitrogens with one attached hydrogen (secondary N) is 1. The van der Waals surface area contributed by atoms with Gasteiger partial charge in [-0.3, -0.25) is 19.7 Å². The standard InChI is InChI=1S/C30H24ClFN6O5/c31-20-6-8-23-26(14-20)43-28(27(23)18-4-2-1-3-5-18)30(40)36-12-10-19(11-13-36)29(39)33-16-21-17-37(35-34-21)25-9-7-22(38(41)42)15-24(25)32/h1-9,14-15,17,19H,10-13,16H2,(H,33,39). The van der Waals surface area contributed by atoms with Crippen molar-refractivity contribution in [2.45, 2.75) is 19.4 Å². The van der Waals surface area contributed by atoms with E-state index in [4.69, 9.17) is 16.0 Å². The first-order valence-corrected chi connectivity index (χ1v) is 13.9. The molecular weight excluding hydrogens is 579 g/mol. The minimum atomic E-state index is -0.821. The van der Waals surface area contributed by atoms with Crippen LogP contribution in [0.4, 0.5) is 10.1 Å². The highest BCUT2D eigenvalue weighted by Gasteiger charge is 2.31. The van der Waals surface area contributed by atoms with Gasteiger partial charge in [-0.15, -0.1) is 5.10 Å². The third kappa shape index (κ3) is 5.69. The third-order valence-corrected chi connectivity index (χ3v) is 7.67. The van der Waals surface area contributed by atoms with Crippen LogP contribution in [0.1, 0.15) is 29.1 Å². The fraction of sp³-hybridized carbons (Fsp3) is 0.200. The number of benzene rings is 3. The number of fused-ring (bicyclic) bond motifs is 1. The molecule has 11 nitrogen and oxygen atoms in total. The fourth-order valence-corrected chi connectivity index (χ4v) is 5.38. The van der Waals surface area contributed by atoms with Gasteiger partial charge in [0, 0.05) is 47.1 Å². The zero-order valence-corrected chi connectivity index (χ0v) is 23.3. The lowest BCUT2D eigenvalue weighted by Gasteiger charge is -2.31. The molecule has 218 valence electrons. The molecule has 2 amide bonds. The Bertz CT molecular complexity index is 1850. The van der Waals surface area contributed by atoms with E-state index in [0.29, 0.717) is 47.8 Å². The number of carbonyl (C=O) groups is 2. The molecule has 0 spiro atoms. The number of furan rings is 1. The van der Waals surface area contributed by atoms with Gasteiger partial charge in [-0.25, -0.2) is 9.07 Å². The third-order valence-electron chi connectivity index (χ3n) is 7.44. The van der Waals surface area contributed by atoms with Crippen molar-refractivity contribution in [1.29, 1.82) is 0 Å². The smallest absolute Gasteiger partial charge is 0.290 e. The highest BCUT2D eigenvalue weighted by molar-refractivity contribution is 6.31. The van der Waals surface area contributed by atoms with E-state index in [-0.39, 0.29) is 41.4 Å². The van der Waals surface area contributed by atoms with Crippen molar-refractivity contribution >= 4 is 40.1 Å². The number of aromatic nitrogens is 3. The summed E-state index contributed by atoms with van der Waals surface area (Å²) in [6, 6.07) is 18.1. The molecule has 0 radical (unpaired) electrons. The molecule has 6 rings (SSSR count). The fourth-order valence-electron chi connectivity index (χ4n) is 5.22. The van der Waals surface area contributed by atoms with Gasteiger partial charge in [0.15, 0.2) is 5.82 Å². The first-order valence-electron chi connectivity index (χ1n) is 13.5. The van der Waals surface area contributed by atoms with Crippen molar-refractivity contribution in [3.8, 4) is 16.8 Å². The van der Waals surface area contributed by atoms with Crippen LogP contribution in [0.25, 0.3) is 27.8 Å². The number of carbonyl (C=O) groups excluding carboxylic acids is 2. The molecule has 0 aliphatic carbocycles. The summed E-state index contributed by atoms with van der Waals surface area (Å²) >= 11 is 6.18. The summed E-state index contributed by atoms with van der Waals surface area (Å²) in [6.07, 6.45) is 2.37. The van der Waals surface area contributed by atoms with E-state index < -0.39 is 10.7 Å². The van der Waals surface area contributed by atoms with Crippen LogP contribution in [0.5, 0.6) is 0 Å². The van der Waals surface area contributed by atoms with Gasteiger partial charge in [0.1, 0.15) is 17.0 Å². The summed E-state index contributed by atoms with van der Waals surface area (Å²) < 4.78 is 21.5. The van der Waals surface area contributed by atoms with Crippen molar-refractivity contribution < 1.29 is 23.3 Å². The quantitative estimate of drug-likeness (QED) is 0.190. The van der Waals surface area contributed by atoms with Crippen molar-refractivity contribution in [3.05, 3.63) is 105 Å². The number of piperidine rings is 1. The minimum Gasteiger partial charge on any atom is -0.450 e. The van der Waals surface area contributed by atoms with Gasteiger partial charge in [0.2, 0.25) is 11.7 Å². The van der Waals surface area contributed by atoms with E-state index in [2.05, 4.69) is 15.6 Å². The lowest BCUT2D eigenvalue weighted by molar-refractivity contribution is -0.385. The van der Waals surface area contributed by atoms with Crippen LogP contribution in [-0.4, -0.2) is 49.7 Å². The van der Waals surface area contributed by atoms with Gasteiger partial charge in [0.25, 0.3) is 11.6 Å². The largest absolute Gasteiger partial charge is 0.450 e. The van der Waals surface area contributed by atoms with Crippen molar-refractivity contribution in [2.75, 3.05) is 13.1 Å². The predicted molar refractivity (Wildman–Crippen MR) is 155 cm³/mol. The van der Waals surface area contributed by atoms with E-state index in [1.165, 1.54) is 18.3 Å². The Morgan fingerprint density at radius 3 is 2.58 bits per heavy atom. The Labute approximate surface area is 249 Å². The number of non-ortho nitro benzene ring substituents is 1. The molecule has 0 atom stereocenters. The number of hydrogen-bond acceptors (Lipinski definition) is 7. The molecule has 1 aliphatic rings. The van der Waals surface area contributed by atoms with E-state index in [1.54, 1.807) is 17.0 Å². The second-order valence-electron chi connectivity index (χ2n) is 10.1. The normalized spacial score (nSPS) is 13.8. The summed E-state index contributed by atoms with van der Waals surface area (Å²) in [4.78, 5) is 38.4. The predicted octanol–water partition coefficient (Wildman–Crippen LogP) is 5.55. The summed E-state index contributed by atoms with van der Waals surface area (Å²) in [5.74, 6) is -1.34. The van der Waals surface area contributed by atoms with Crippen LogP contribution in [0, 0.1) is 21.8 Å². The maximum atomic E-state index is 14.3. The Balaban J connectivity index is 1.09. The number of halogens is 2. The maximum Gasteiger partial charge on any atom is 0.290 e. The van der Waals surface area contributed by atoms with Gasteiger partial charge in [-0.05, 0) is 36.6 Å². The number of likely N-dealkylation sites (tertiary alicyclic amines) is 1. The number of nitro groups is 1. The molecule has 0 bridgehead atoms. The van der Waals surface area contributed by atoms with Crippen LogP contribution < -0.4 is 5.32 Å². The SMILES string of the molecule is O=C(NCc1cn(-c2ccc([N+](=O)[O-])cc2F)nn1)C1CCN(C(=O)c2oc3cc(Cl)ccc3c2-c2ccccc2)CC1. The van der Waals surface area contributed by atoms with Crippen LogP contribution >= 0.6 is 11.6 Å². The zero-order chi connectivity index (χ0) is 30.1. The van der Waals surface area contributed by atoms with Gasteiger partial charge >= 0.3 is 0 Å². The van der Waals surface area contributed by atoms with Gasteiger partial charge < -0.3 is 14.6 Å². The molecule has 43 heavy (non-hydrogen) atoms. The van der Waals surface area contributed by atoms with Crippen LogP contribution in [0.2, 0.25) is 5.02 Å². The summed E-state index contributed by atoms with van der Waals surface area (Å²) in [7, 11) is 0. The number of nitro benzene ring substituents is 1. The first kappa shape index (κ1) is 28.0. The minimum absolute atomic E-state index is 0.00399. The first-order chi connectivity index (χ1) is 20.8. The van der Waals surface area contributed by atoms with Crippen LogP contribution in [0.3, 0.4) is 0 Å². The lowest BCUT2D eigenvalue weighted by atomic mass is 9.95. The molecule has 1 N–H and O–H groups in total. The number of rotatable bonds is 7. The number of hydrogen-bond donors (Lipinski definition) is 1. The van der Waals surface area contributed by atoms with E-state index in [9.17, 15) is 24.1 Å². The molecule has 0 saturated carbocycles. The monoisotopic (exact) mass is 602 g/mol. The summed E-state index contributed by atoms with van der Waals surface area (Å²) in [5.41, 5.74) is 2.10. The van der Waals surface area contributed by atoms with Crippen LogP contribution in [0.15, 0.2) is 77.3 Å². The molecule has 3 heterocycles. The molecule has 1 aliphatic heterocycles. The summed E-state index contributed by atoms with van der Waals surface area (Å²) in [6.45, 7) is 0.811. The number of amides is 2. The molecule has 1 fully saturated rings. The van der Waals surface area contributed by atoms with E-state index >= 15 is 0 Å². The lowest BCUT2D eigenvalue weighted by Crippen LogP contribution is -2.43. The van der Waals surface area contributed by atoms with Gasteiger partial charge in [-0.1, -0.05) is 47.1 Å². The maximum absolute atomic E-state index is 14.3. The Hall–Kier alpha value is -5.10. The molecule has 3 aromatic carbocycles. The molecule has 5 aromatic rings. The Morgan fingerprint density at radius 2 is 1.86 bits per heavy atom. The second-order valence-corrected chi connectivity index (χ2v) is 10.6. The van der Waals surface area contributed by atoms with E-state index in [1.807, 2.05) is 36.4 Å². The van der Waals surface area contributed by atoms with Crippen molar-refractivity contribution in [1.82, 2.24) is 25.2 Å². The highest BCUT2D eigenvalue weighted by Crippen LogP contribution is 2.37. The van der Waals surface area contributed by atoms with Gasteiger partial charge in [-0.2, -0.15) is 0 Å². The topological polar surface area (TPSA) is 136 Å². The molecule has 13 heteroatoms.